The maximum atomic E-state index is 11.7. The summed E-state index contributed by atoms with van der Waals surface area (Å²) in [5.74, 6) is 0.469. The topological polar surface area (TPSA) is 35.5 Å². The summed E-state index contributed by atoms with van der Waals surface area (Å²) in [4.78, 5) is 11.7. The first kappa shape index (κ1) is 15.2. The van der Waals surface area contributed by atoms with Crippen molar-refractivity contribution in [1.82, 2.24) is 0 Å². The van der Waals surface area contributed by atoms with E-state index in [2.05, 4.69) is 13.8 Å². The molecule has 0 heterocycles. The molecule has 1 aromatic rings. The molecule has 0 aliphatic carbocycles. The average molecular weight is 271 g/mol. The lowest BCUT2D eigenvalue weighted by molar-refractivity contribution is 0.0364. The molecule has 3 nitrogen and oxygen atoms in total. The van der Waals surface area contributed by atoms with E-state index in [0.29, 0.717) is 36.3 Å². The molecule has 0 saturated heterocycles. The number of rotatable bonds is 8. The number of Topliss-reactive ketones (excluding diaryl/α,β-unsaturated/α-hetero) is 1. The normalized spacial score (nSPS) is 10.9. The number of hydrogen-bond donors (Lipinski definition) is 0. The highest BCUT2D eigenvalue weighted by Crippen LogP contribution is 2.10. The van der Waals surface area contributed by atoms with Gasteiger partial charge in [0.25, 0.3) is 0 Å². The molecule has 0 aromatic heterocycles. The van der Waals surface area contributed by atoms with Crippen molar-refractivity contribution in [2.75, 3.05) is 26.4 Å². The monoisotopic (exact) mass is 270 g/mol. The Labute approximate surface area is 113 Å². The van der Waals surface area contributed by atoms with Gasteiger partial charge < -0.3 is 9.47 Å². The van der Waals surface area contributed by atoms with Crippen molar-refractivity contribution in [2.45, 2.75) is 13.8 Å². The molecule has 0 atom stereocenters. The van der Waals surface area contributed by atoms with Crippen molar-refractivity contribution < 1.29 is 14.3 Å². The predicted octanol–water partition coefficient (Wildman–Crippen LogP) is 3.21. The standard InChI is InChI=1S/C14H19ClO3/c1-11(2)9-17-7-8-18-10-14(16)12-3-5-13(15)6-4-12/h3-6,11H,7-10H2,1-2H3. The molecular weight excluding hydrogens is 252 g/mol. The maximum Gasteiger partial charge on any atom is 0.188 e. The summed E-state index contributed by atoms with van der Waals surface area (Å²) in [6.45, 7) is 5.93. The van der Waals surface area contributed by atoms with Crippen LogP contribution in [0.3, 0.4) is 0 Å². The molecule has 0 fully saturated rings. The Morgan fingerprint density at radius 3 is 2.39 bits per heavy atom. The van der Waals surface area contributed by atoms with Gasteiger partial charge in [0.15, 0.2) is 5.78 Å². The zero-order chi connectivity index (χ0) is 13.4. The zero-order valence-corrected chi connectivity index (χ0v) is 11.6. The highest BCUT2D eigenvalue weighted by molar-refractivity contribution is 6.30. The van der Waals surface area contributed by atoms with Crippen LogP contribution in [-0.4, -0.2) is 32.2 Å². The number of carbonyl (C=O) groups excluding carboxylic acids is 1. The highest BCUT2D eigenvalue weighted by Gasteiger charge is 2.05. The minimum Gasteiger partial charge on any atom is -0.379 e. The van der Waals surface area contributed by atoms with Crippen LogP contribution in [0.4, 0.5) is 0 Å². The van der Waals surface area contributed by atoms with Crippen LogP contribution in [0.25, 0.3) is 0 Å². The summed E-state index contributed by atoms with van der Waals surface area (Å²) in [5.41, 5.74) is 0.613. The molecule has 1 aromatic carbocycles. The van der Waals surface area contributed by atoms with Gasteiger partial charge in [-0.15, -0.1) is 0 Å². The second kappa shape index (κ2) is 8.25. The van der Waals surface area contributed by atoms with E-state index in [1.54, 1.807) is 24.3 Å². The molecule has 0 saturated carbocycles. The number of halogens is 1. The Morgan fingerprint density at radius 2 is 1.78 bits per heavy atom. The quantitative estimate of drug-likeness (QED) is 0.537. The second-order valence-corrected chi connectivity index (χ2v) is 4.89. The van der Waals surface area contributed by atoms with Gasteiger partial charge in [0.2, 0.25) is 0 Å². The second-order valence-electron chi connectivity index (χ2n) is 4.45. The molecule has 0 amide bonds. The van der Waals surface area contributed by atoms with Gasteiger partial charge in [0.05, 0.1) is 13.2 Å². The van der Waals surface area contributed by atoms with Gasteiger partial charge in [-0.05, 0) is 30.2 Å². The first-order valence-corrected chi connectivity index (χ1v) is 6.41. The van der Waals surface area contributed by atoms with Gasteiger partial charge >= 0.3 is 0 Å². The summed E-state index contributed by atoms with van der Waals surface area (Å²) in [5, 5.41) is 0.620. The minimum absolute atomic E-state index is 0.0458. The van der Waals surface area contributed by atoms with Crippen LogP contribution in [0.1, 0.15) is 24.2 Å². The van der Waals surface area contributed by atoms with Gasteiger partial charge in [-0.1, -0.05) is 25.4 Å². The molecule has 0 radical (unpaired) electrons. The van der Waals surface area contributed by atoms with E-state index in [0.717, 1.165) is 0 Å². The molecule has 1 rings (SSSR count). The molecule has 0 N–H and O–H groups in total. The fraction of sp³-hybridized carbons (Fsp3) is 0.500. The molecule has 0 bridgehead atoms. The summed E-state index contributed by atoms with van der Waals surface area (Å²) in [7, 11) is 0. The molecule has 0 aliphatic rings. The van der Waals surface area contributed by atoms with E-state index in [1.807, 2.05) is 0 Å². The molecule has 0 unspecified atom stereocenters. The van der Waals surface area contributed by atoms with Gasteiger partial charge in [-0.3, -0.25) is 4.79 Å². The third kappa shape index (κ3) is 6.15. The maximum absolute atomic E-state index is 11.7. The Balaban J connectivity index is 2.16. The number of carbonyl (C=O) groups is 1. The fourth-order valence-electron chi connectivity index (χ4n) is 1.32. The van der Waals surface area contributed by atoms with E-state index in [9.17, 15) is 4.79 Å². The van der Waals surface area contributed by atoms with Crippen LogP contribution in [-0.2, 0) is 9.47 Å². The minimum atomic E-state index is -0.0458. The number of hydrogen-bond acceptors (Lipinski definition) is 3. The van der Waals surface area contributed by atoms with Crippen LogP contribution in [0, 0.1) is 5.92 Å². The molecule has 0 spiro atoms. The Morgan fingerprint density at radius 1 is 1.17 bits per heavy atom. The summed E-state index contributed by atoms with van der Waals surface area (Å²) >= 11 is 5.74. The van der Waals surface area contributed by atoms with Crippen molar-refractivity contribution in [2.24, 2.45) is 5.92 Å². The van der Waals surface area contributed by atoms with Crippen LogP contribution in [0.2, 0.25) is 5.02 Å². The zero-order valence-electron chi connectivity index (χ0n) is 10.8. The van der Waals surface area contributed by atoms with Crippen LogP contribution >= 0.6 is 11.6 Å². The molecule has 100 valence electrons. The first-order chi connectivity index (χ1) is 8.59. The third-order valence-corrected chi connectivity index (χ3v) is 2.47. The SMILES string of the molecule is CC(C)COCCOCC(=O)c1ccc(Cl)cc1. The van der Waals surface area contributed by atoms with E-state index < -0.39 is 0 Å². The third-order valence-electron chi connectivity index (χ3n) is 2.22. The van der Waals surface area contributed by atoms with Crippen LogP contribution in [0.5, 0.6) is 0 Å². The lowest BCUT2D eigenvalue weighted by atomic mass is 10.1. The van der Waals surface area contributed by atoms with Crippen LogP contribution < -0.4 is 0 Å². The Hall–Kier alpha value is -0.900. The molecule has 4 heteroatoms. The van der Waals surface area contributed by atoms with E-state index in [-0.39, 0.29) is 12.4 Å². The lowest BCUT2D eigenvalue weighted by Gasteiger charge is -2.07. The largest absolute Gasteiger partial charge is 0.379 e. The lowest BCUT2D eigenvalue weighted by Crippen LogP contribution is -2.13. The number of ether oxygens (including phenoxy) is 2. The summed E-state index contributed by atoms with van der Waals surface area (Å²) in [6.07, 6.45) is 0. The van der Waals surface area contributed by atoms with Crippen molar-refractivity contribution in [3.63, 3.8) is 0 Å². The van der Waals surface area contributed by atoms with Crippen molar-refractivity contribution in [3.05, 3.63) is 34.9 Å². The summed E-state index contributed by atoms with van der Waals surface area (Å²) in [6, 6.07) is 6.79. The molecule has 18 heavy (non-hydrogen) atoms. The van der Waals surface area contributed by atoms with E-state index >= 15 is 0 Å². The Kier molecular flexibility index (Phi) is 6.94. The van der Waals surface area contributed by atoms with Gasteiger partial charge in [0.1, 0.15) is 6.61 Å². The molecular formula is C14H19ClO3. The smallest absolute Gasteiger partial charge is 0.188 e. The number of ketones is 1. The fourth-order valence-corrected chi connectivity index (χ4v) is 1.45. The Bertz CT molecular complexity index is 360. The average Bonchev–Trinajstić information content (AvgIpc) is 2.34. The van der Waals surface area contributed by atoms with Crippen molar-refractivity contribution >= 4 is 17.4 Å². The van der Waals surface area contributed by atoms with E-state index in [1.165, 1.54) is 0 Å². The van der Waals surface area contributed by atoms with Crippen molar-refractivity contribution in [3.8, 4) is 0 Å². The van der Waals surface area contributed by atoms with Crippen molar-refractivity contribution in [1.29, 1.82) is 0 Å². The van der Waals surface area contributed by atoms with Crippen LogP contribution in [0.15, 0.2) is 24.3 Å². The van der Waals surface area contributed by atoms with E-state index in [4.69, 9.17) is 21.1 Å². The van der Waals surface area contributed by atoms with Gasteiger partial charge in [-0.25, -0.2) is 0 Å². The number of benzene rings is 1. The van der Waals surface area contributed by atoms with Gasteiger partial charge in [-0.2, -0.15) is 0 Å². The summed E-state index contributed by atoms with van der Waals surface area (Å²) < 4.78 is 10.6. The molecule has 0 aliphatic heterocycles. The first-order valence-electron chi connectivity index (χ1n) is 6.04. The highest BCUT2D eigenvalue weighted by atomic mass is 35.5. The van der Waals surface area contributed by atoms with Gasteiger partial charge in [0, 0.05) is 17.2 Å². The predicted molar refractivity (Wildman–Crippen MR) is 72.3 cm³/mol.